The first-order chi connectivity index (χ1) is 26.8. The first-order valence-corrected chi connectivity index (χ1v) is 19.5. The van der Waals surface area contributed by atoms with Crippen molar-refractivity contribution in [2.75, 3.05) is 4.90 Å². The van der Waals surface area contributed by atoms with Crippen molar-refractivity contribution in [2.45, 2.75) is 9.92 Å². The molecule has 0 N–H and O–H groups in total. The van der Waals surface area contributed by atoms with E-state index < -0.39 is 0 Å². The van der Waals surface area contributed by atoms with E-state index in [1.165, 1.54) is 98.3 Å². The van der Waals surface area contributed by atoms with Crippen LogP contribution in [0.2, 0.25) is 0 Å². The molecule has 10 aromatic rings. The minimum absolute atomic E-state index is 0.0250. The molecule has 4 nitrogen and oxygen atoms in total. The monoisotopic (exact) mass is 700 g/mol. The summed E-state index contributed by atoms with van der Waals surface area (Å²) in [6, 6.07) is 58.7. The summed E-state index contributed by atoms with van der Waals surface area (Å²) in [6.45, 7) is 0.0929. The summed E-state index contributed by atoms with van der Waals surface area (Å²) in [6.07, 6.45) is 0. The van der Waals surface area contributed by atoms with E-state index in [0.29, 0.717) is 0 Å². The quantitative estimate of drug-likeness (QED) is 0.170. The van der Waals surface area contributed by atoms with Crippen LogP contribution in [-0.2, 0) is 0 Å². The van der Waals surface area contributed by atoms with Crippen molar-refractivity contribution in [1.82, 2.24) is 14.1 Å². The van der Waals surface area contributed by atoms with Crippen LogP contribution in [0.4, 0.5) is 17.2 Å². The van der Waals surface area contributed by atoms with Crippen LogP contribution >= 0.6 is 11.8 Å². The average molecular weight is 700 g/mol. The lowest BCUT2D eigenvalue weighted by atomic mass is 9.31. The summed E-state index contributed by atoms with van der Waals surface area (Å²) in [4.78, 5) is 9.52. The van der Waals surface area contributed by atoms with Gasteiger partial charge >= 0.3 is 0 Å². The highest BCUT2D eigenvalue weighted by atomic mass is 32.2. The van der Waals surface area contributed by atoms with Crippen molar-refractivity contribution in [1.29, 1.82) is 0 Å². The number of rotatable bonds is 1. The molecule has 7 heteroatoms. The van der Waals surface area contributed by atoms with Gasteiger partial charge in [0.05, 0.1) is 16.1 Å². The Bertz CT molecular complexity index is 3350. The number of para-hydroxylation sites is 5. The maximum absolute atomic E-state index is 5.81. The zero-order valence-electron chi connectivity index (χ0n) is 28.9. The Hall–Kier alpha value is -6.43. The van der Waals surface area contributed by atoms with E-state index in [2.05, 4.69) is 172 Å². The van der Waals surface area contributed by atoms with Gasteiger partial charge in [-0.3, -0.25) is 4.90 Å². The fourth-order valence-corrected chi connectivity index (χ4v) is 11.7. The molecule has 0 amide bonds. The van der Waals surface area contributed by atoms with Gasteiger partial charge in [-0.25, -0.2) is 4.98 Å². The highest BCUT2D eigenvalue weighted by Gasteiger charge is 2.46. The Labute approximate surface area is 315 Å². The van der Waals surface area contributed by atoms with E-state index >= 15 is 0 Å². The third kappa shape index (κ3) is 3.22. The van der Waals surface area contributed by atoms with Crippen molar-refractivity contribution < 1.29 is 0 Å². The predicted octanol–water partition coefficient (Wildman–Crippen LogP) is 7.18. The van der Waals surface area contributed by atoms with E-state index in [9.17, 15) is 0 Å². The molecule has 0 atom stereocenters. The van der Waals surface area contributed by atoms with Crippen molar-refractivity contribution in [2.24, 2.45) is 0 Å². The van der Waals surface area contributed by atoms with Gasteiger partial charge in [0.25, 0.3) is 13.4 Å². The molecule has 0 unspecified atom stereocenters. The molecule has 0 saturated heterocycles. The second kappa shape index (κ2) is 9.75. The third-order valence-corrected chi connectivity index (χ3v) is 13.7. The van der Waals surface area contributed by atoms with Crippen molar-refractivity contribution in [3.63, 3.8) is 0 Å². The van der Waals surface area contributed by atoms with Crippen LogP contribution in [-0.4, -0.2) is 27.5 Å². The normalized spacial score (nSPS) is 14.1. The molecule has 0 bridgehead atoms. The van der Waals surface area contributed by atoms with Gasteiger partial charge in [0.15, 0.2) is 0 Å². The standard InChI is InChI=1S/C47H26B2N4S/c1-2-12-27(13-3-1)51-38-22-10-23-39-42(38)48(32-18-8-16-30-28-14-4-6-20-36(28)52(39)44(30)32)34-26-35-47(50-46(34)51)54-41-25-11-24-40-43(41)49(35)33-19-9-17-31-29-15-5-7-21-37(29)53(40)45(31)33/h1-26H. The van der Waals surface area contributed by atoms with Gasteiger partial charge in [0, 0.05) is 60.2 Å². The Morgan fingerprint density at radius 2 is 1.00 bits per heavy atom. The van der Waals surface area contributed by atoms with Crippen LogP contribution in [0.3, 0.4) is 0 Å². The molecule has 0 fully saturated rings. The molecule has 7 aromatic carbocycles. The average Bonchev–Trinajstić information content (AvgIpc) is 3.75. The number of hydrogen-bond acceptors (Lipinski definition) is 3. The summed E-state index contributed by atoms with van der Waals surface area (Å²) in [5, 5.41) is 6.30. The van der Waals surface area contributed by atoms with Crippen LogP contribution in [0, 0.1) is 0 Å². The largest absolute Gasteiger partial charge is 0.310 e. The van der Waals surface area contributed by atoms with Gasteiger partial charge in [-0.1, -0.05) is 121 Å². The minimum Gasteiger partial charge on any atom is -0.310 e. The van der Waals surface area contributed by atoms with Gasteiger partial charge < -0.3 is 9.13 Å². The Morgan fingerprint density at radius 3 is 1.70 bits per heavy atom. The van der Waals surface area contributed by atoms with Gasteiger partial charge in [-0.05, 0) is 81.3 Å². The molecule has 246 valence electrons. The Balaban J connectivity index is 1.12. The molecule has 54 heavy (non-hydrogen) atoms. The zero-order valence-corrected chi connectivity index (χ0v) is 29.7. The summed E-state index contributed by atoms with van der Waals surface area (Å²) in [7, 11) is 0. The smallest absolute Gasteiger partial charge is 0.254 e. The molecule has 3 aromatic heterocycles. The third-order valence-electron chi connectivity index (χ3n) is 12.6. The van der Waals surface area contributed by atoms with E-state index in [-0.39, 0.29) is 13.4 Å². The lowest BCUT2D eigenvalue weighted by molar-refractivity contribution is 1.09. The molecular weight excluding hydrogens is 674 g/mol. The summed E-state index contributed by atoms with van der Waals surface area (Å²) >= 11 is 1.83. The van der Waals surface area contributed by atoms with Crippen LogP contribution in [0.15, 0.2) is 168 Å². The number of pyridine rings is 1. The molecule has 4 aliphatic rings. The van der Waals surface area contributed by atoms with E-state index in [1.807, 2.05) is 11.8 Å². The first kappa shape index (κ1) is 28.1. The van der Waals surface area contributed by atoms with Crippen LogP contribution in [0.25, 0.3) is 55.0 Å². The first-order valence-electron chi connectivity index (χ1n) is 18.7. The summed E-state index contributed by atoms with van der Waals surface area (Å²) < 4.78 is 5.04. The lowest BCUT2D eigenvalue weighted by Gasteiger charge is -2.41. The lowest BCUT2D eigenvalue weighted by Crippen LogP contribution is -2.64. The highest BCUT2D eigenvalue weighted by molar-refractivity contribution is 8.00. The number of hydrogen-bond donors (Lipinski definition) is 0. The molecule has 14 rings (SSSR count). The second-order valence-electron chi connectivity index (χ2n) is 15.0. The van der Waals surface area contributed by atoms with E-state index in [1.54, 1.807) is 0 Å². The van der Waals surface area contributed by atoms with E-state index in [0.717, 1.165) is 16.5 Å². The van der Waals surface area contributed by atoms with Crippen LogP contribution in [0.5, 0.6) is 0 Å². The van der Waals surface area contributed by atoms with Crippen molar-refractivity contribution >= 4 is 119 Å². The molecule has 0 spiro atoms. The number of benzene rings is 7. The van der Waals surface area contributed by atoms with Gasteiger partial charge in [0.2, 0.25) is 0 Å². The summed E-state index contributed by atoms with van der Waals surface area (Å²) in [5.74, 6) is 1.02. The molecule has 0 saturated carbocycles. The Morgan fingerprint density at radius 1 is 0.444 bits per heavy atom. The molecular formula is C47H26B2N4S. The number of fused-ring (bicyclic) bond motifs is 14. The predicted molar refractivity (Wildman–Crippen MR) is 227 cm³/mol. The van der Waals surface area contributed by atoms with Gasteiger partial charge in [-0.2, -0.15) is 0 Å². The topological polar surface area (TPSA) is 26.0 Å². The molecule has 0 aliphatic carbocycles. The fraction of sp³-hybridized carbons (Fsp3) is 0. The highest BCUT2D eigenvalue weighted by Crippen LogP contribution is 2.43. The molecule has 4 aliphatic heterocycles. The summed E-state index contributed by atoms with van der Waals surface area (Å²) in [5.41, 5.74) is 18.0. The maximum atomic E-state index is 5.81. The van der Waals surface area contributed by atoms with Gasteiger partial charge in [0.1, 0.15) is 5.82 Å². The molecule has 7 heterocycles. The Kier molecular flexibility index (Phi) is 5.08. The number of aromatic nitrogens is 3. The maximum Gasteiger partial charge on any atom is 0.254 e. The van der Waals surface area contributed by atoms with Crippen molar-refractivity contribution in [3.8, 4) is 11.4 Å². The minimum atomic E-state index is 0.0250. The SMILES string of the molecule is c1ccc(N2c3cccc4c3B(c3cc5c(nc32)Sc2cccc3c2B5c2cccc5c6ccccc6n-3c25)c2cccc3c5ccccc5n-4c23)cc1. The second-order valence-corrected chi connectivity index (χ2v) is 16.1. The van der Waals surface area contributed by atoms with Crippen molar-refractivity contribution in [3.05, 3.63) is 158 Å². The fourth-order valence-electron chi connectivity index (χ4n) is 10.6. The molecule has 0 radical (unpaired) electrons. The van der Waals surface area contributed by atoms with Crippen LogP contribution in [0.1, 0.15) is 0 Å². The number of anilines is 3. The van der Waals surface area contributed by atoms with E-state index in [4.69, 9.17) is 4.98 Å². The zero-order chi connectivity index (χ0) is 34.8. The van der Waals surface area contributed by atoms with Gasteiger partial charge in [-0.15, -0.1) is 0 Å². The van der Waals surface area contributed by atoms with Crippen LogP contribution < -0.4 is 37.7 Å². The number of nitrogens with zero attached hydrogens (tertiary/aromatic N) is 4.